The summed E-state index contributed by atoms with van der Waals surface area (Å²) in [6.07, 6.45) is 2.68. The molecule has 1 aliphatic rings. The zero-order chi connectivity index (χ0) is 12.4. The molecule has 0 N–H and O–H groups in total. The summed E-state index contributed by atoms with van der Waals surface area (Å²) >= 11 is 0. The summed E-state index contributed by atoms with van der Waals surface area (Å²) in [6.45, 7) is 1.34. The van der Waals surface area contributed by atoms with E-state index in [0.717, 1.165) is 24.7 Å². The summed E-state index contributed by atoms with van der Waals surface area (Å²) in [6, 6.07) is 14.6. The van der Waals surface area contributed by atoms with Gasteiger partial charge in [0, 0.05) is 13.2 Å². The first-order chi connectivity index (χ1) is 8.84. The van der Waals surface area contributed by atoms with Crippen LogP contribution in [0.4, 0.5) is 0 Å². The molecule has 18 heavy (non-hydrogen) atoms. The zero-order valence-corrected chi connectivity index (χ0v) is 10.3. The molecular weight excluding hydrogens is 224 g/mol. The van der Waals surface area contributed by atoms with E-state index in [1.54, 1.807) is 0 Å². The fourth-order valence-electron chi connectivity index (χ4n) is 2.71. The quantitative estimate of drug-likeness (QED) is 0.754. The number of carbonyl (C=O) groups is 1. The molecule has 0 bridgehead atoms. The average Bonchev–Trinajstić information content (AvgIpc) is 2.47. The molecule has 1 saturated heterocycles. The monoisotopic (exact) mass is 240 g/mol. The molecule has 2 aromatic carbocycles. The van der Waals surface area contributed by atoms with E-state index >= 15 is 0 Å². The van der Waals surface area contributed by atoms with E-state index in [-0.39, 0.29) is 5.41 Å². The van der Waals surface area contributed by atoms with Gasteiger partial charge in [-0.1, -0.05) is 42.5 Å². The Morgan fingerprint density at radius 1 is 1.00 bits per heavy atom. The molecule has 1 heterocycles. The maximum absolute atomic E-state index is 11.6. The number of fused-ring (bicyclic) bond motifs is 1. The minimum atomic E-state index is -0.345. The van der Waals surface area contributed by atoms with Crippen LogP contribution in [0.1, 0.15) is 18.4 Å². The number of hydrogen-bond acceptors (Lipinski definition) is 2. The van der Waals surface area contributed by atoms with Crippen molar-refractivity contribution in [1.29, 1.82) is 0 Å². The number of ether oxygens (including phenoxy) is 1. The van der Waals surface area contributed by atoms with Gasteiger partial charge in [0.25, 0.3) is 0 Å². The molecule has 0 atom stereocenters. The van der Waals surface area contributed by atoms with Gasteiger partial charge >= 0.3 is 0 Å². The van der Waals surface area contributed by atoms with Crippen molar-refractivity contribution in [2.45, 2.75) is 18.3 Å². The predicted octanol–water partition coefficient (Wildman–Crippen LogP) is 3.09. The molecule has 0 amide bonds. The minimum absolute atomic E-state index is 0.345. The molecule has 2 nitrogen and oxygen atoms in total. The van der Waals surface area contributed by atoms with E-state index in [2.05, 4.69) is 30.3 Å². The van der Waals surface area contributed by atoms with Crippen LogP contribution < -0.4 is 0 Å². The van der Waals surface area contributed by atoms with Gasteiger partial charge in [-0.3, -0.25) is 0 Å². The van der Waals surface area contributed by atoms with Crippen LogP contribution in [0.3, 0.4) is 0 Å². The highest BCUT2D eigenvalue weighted by Gasteiger charge is 2.34. The second-order valence-electron chi connectivity index (χ2n) is 4.95. The zero-order valence-electron chi connectivity index (χ0n) is 10.3. The lowest BCUT2D eigenvalue weighted by atomic mass is 9.75. The SMILES string of the molecule is O=CC1(c2ccc3ccccc3c2)CCOCC1. The van der Waals surface area contributed by atoms with Crippen LogP contribution in [0.2, 0.25) is 0 Å². The molecule has 0 spiro atoms. The van der Waals surface area contributed by atoms with E-state index < -0.39 is 0 Å². The standard InChI is InChI=1S/C16H16O2/c17-12-16(7-9-18-10-8-16)15-6-5-13-3-1-2-4-14(13)11-15/h1-6,11-12H,7-10H2. The number of benzene rings is 2. The summed E-state index contributed by atoms with van der Waals surface area (Å²) in [4.78, 5) is 11.6. The molecule has 1 aliphatic heterocycles. The van der Waals surface area contributed by atoms with Crippen LogP contribution in [0, 0.1) is 0 Å². The Balaban J connectivity index is 2.09. The van der Waals surface area contributed by atoms with Crippen LogP contribution in [0.5, 0.6) is 0 Å². The van der Waals surface area contributed by atoms with Gasteiger partial charge in [0.15, 0.2) is 0 Å². The number of hydrogen-bond donors (Lipinski definition) is 0. The van der Waals surface area contributed by atoms with E-state index in [1.165, 1.54) is 10.8 Å². The third-order valence-corrected chi connectivity index (χ3v) is 3.94. The highest BCUT2D eigenvalue weighted by Crippen LogP contribution is 2.34. The molecule has 92 valence electrons. The van der Waals surface area contributed by atoms with Crippen molar-refractivity contribution in [2.75, 3.05) is 13.2 Å². The van der Waals surface area contributed by atoms with Crippen molar-refractivity contribution in [2.24, 2.45) is 0 Å². The van der Waals surface area contributed by atoms with Gasteiger partial charge in [-0.2, -0.15) is 0 Å². The third-order valence-electron chi connectivity index (χ3n) is 3.94. The minimum Gasteiger partial charge on any atom is -0.381 e. The lowest BCUT2D eigenvalue weighted by Gasteiger charge is -2.32. The molecule has 0 saturated carbocycles. The second-order valence-corrected chi connectivity index (χ2v) is 4.95. The topological polar surface area (TPSA) is 26.3 Å². The van der Waals surface area contributed by atoms with Crippen molar-refractivity contribution in [1.82, 2.24) is 0 Å². The molecule has 0 radical (unpaired) electrons. The number of aldehydes is 1. The lowest BCUT2D eigenvalue weighted by Crippen LogP contribution is -2.35. The van der Waals surface area contributed by atoms with Gasteiger partial charge in [-0.15, -0.1) is 0 Å². The van der Waals surface area contributed by atoms with Gasteiger partial charge in [0.05, 0.1) is 5.41 Å². The Morgan fingerprint density at radius 2 is 1.72 bits per heavy atom. The van der Waals surface area contributed by atoms with Crippen LogP contribution in [0.25, 0.3) is 10.8 Å². The molecule has 2 aromatic rings. The molecule has 2 heteroatoms. The van der Waals surface area contributed by atoms with E-state index in [9.17, 15) is 4.79 Å². The predicted molar refractivity (Wildman–Crippen MR) is 71.7 cm³/mol. The number of carbonyl (C=O) groups excluding carboxylic acids is 1. The Bertz CT molecular complexity index is 568. The average molecular weight is 240 g/mol. The second kappa shape index (κ2) is 4.54. The van der Waals surface area contributed by atoms with Crippen LogP contribution in [-0.4, -0.2) is 19.5 Å². The highest BCUT2D eigenvalue weighted by atomic mass is 16.5. The van der Waals surface area contributed by atoms with Crippen molar-refractivity contribution < 1.29 is 9.53 Å². The van der Waals surface area contributed by atoms with Crippen molar-refractivity contribution >= 4 is 17.1 Å². The summed E-state index contributed by atoms with van der Waals surface area (Å²) in [5.41, 5.74) is 0.780. The highest BCUT2D eigenvalue weighted by molar-refractivity contribution is 5.84. The van der Waals surface area contributed by atoms with E-state index in [1.807, 2.05) is 12.1 Å². The Kier molecular flexibility index (Phi) is 2.88. The molecule has 0 aromatic heterocycles. The Hall–Kier alpha value is -1.67. The summed E-state index contributed by atoms with van der Waals surface area (Å²) in [7, 11) is 0. The lowest BCUT2D eigenvalue weighted by molar-refractivity contribution is -0.115. The summed E-state index contributed by atoms with van der Waals surface area (Å²) in [5.74, 6) is 0. The summed E-state index contributed by atoms with van der Waals surface area (Å²) < 4.78 is 5.38. The maximum atomic E-state index is 11.6. The van der Waals surface area contributed by atoms with Gasteiger partial charge in [-0.25, -0.2) is 0 Å². The molecule has 3 rings (SSSR count). The smallest absolute Gasteiger partial charge is 0.130 e. The maximum Gasteiger partial charge on any atom is 0.130 e. The van der Waals surface area contributed by atoms with E-state index in [0.29, 0.717) is 13.2 Å². The van der Waals surface area contributed by atoms with E-state index in [4.69, 9.17) is 4.74 Å². The van der Waals surface area contributed by atoms with Gasteiger partial charge in [0.1, 0.15) is 6.29 Å². The van der Waals surface area contributed by atoms with Crippen LogP contribution in [-0.2, 0) is 14.9 Å². The first-order valence-corrected chi connectivity index (χ1v) is 6.37. The molecular formula is C16H16O2. The first-order valence-electron chi connectivity index (χ1n) is 6.37. The van der Waals surface area contributed by atoms with Crippen molar-refractivity contribution in [3.05, 3.63) is 48.0 Å². The largest absolute Gasteiger partial charge is 0.381 e. The Labute approximate surface area is 107 Å². The van der Waals surface area contributed by atoms with Crippen LogP contribution in [0.15, 0.2) is 42.5 Å². The van der Waals surface area contributed by atoms with Crippen LogP contribution >= 0.6 is 0 Å². The van der Waals surface area contributed by atoms with Crippen molar-refractivity contribution in [3.63, 3.8) is 0 Å². The van der Waals surface area contributed by atoms with Gasteiger partial charge in [-0.05, 0) is 29.2 Å². The molecule has 0 unspecified atom stereocenters. The Morgan fingerprint density at radius 3 is 2.44 bits per heavy atom. The fourth-order valence-corrected chi connectivity index (χ4v) is 2.71. The van der Waals surface area contributed by atoms with Crippen molar-refractivity contribution in [3.8, 4) is 0 Å². The number of rotatable bonds is 2. The van der Waals surface area contributed by atoms with Gasteiger partial charge in [0.2, 0.25) is 0 Å². The van der Waals surface area contributed by atoms with Gasteiger partial charge < -0.3 is 9.53 Å². The normalized spacial score (nSPS) is 18.7. The fraction of sp³-hybridized carbons (Fsp3) is 0.312. The summed E-state index contributed by atoms with van der Waals surface area (Å²) in [5, 5.41) is 2.41. The first kappa shape index (κ1) is 11.4. The third kappa shape index (κ3) is 1.83. The molecule has 1 fully saturated rings. The molecule has 0 aliphatic carbocycles.